The van der Waals surface area contributed by atoms with E-state index in [4.69, 9.17) is 0 Å². The van der Waals surface area contributed by atoms with Crippen molar-refractivity contribution in [1.29, 1.82) is 0 Å². The van der Waals surface area contributed by atoms with Gasteiger partial charge in [-0.1, -0.05) is 18.2 Å². The monoisotopic (exact) mass is 259 g/mol. The van der Waals surface area contributed by atoms with Gasteiger partial charge in [-0.15, -0.1) is 0 Å². The molecule has 0 N–H and O–H groups in total. The van der Waals surface area contributed by atoms with E-state index >= 15 is 0 Å². The summed E-state index contributed by atoms with van der Waals surface area (Å²) in [4.78, 5) is 0. The molecule has 0 atom stereocenters. The average Bonchev–Trinajstić information content (AvgIpc) is 2.12. The van der Waals surface area contributed by atoms with Crippen molar-refractivity contribution < 1.29 is 30.7 Å². The lowest BCUT2D eigenvalue weighted by Gasteiger charge is -2.30. The molecule has 0 fully saturated rings. The molecule has 1 aromatic rings. The summed E-state index contributed by atoms with van der Waals surface area (Å²) >= 11 is 0. The maximum Gasteiger partial charge on any atom is 0.435 e. The van der Waals surface area contributed by atoms with Crippen LogP contribution in [0.3, 0.4) is 0 Å². The highest BCUT2D eigenvalue weighted by Crippen LogP contribution is 2.53. The summed E-state index contributed by atoms with van der Waals surface area (Å²) in [5, 5.41) is 0. The summed E-state index contributed by atoms with van der Waals surface area (Å²) in [6, 6.07) is 4.05. The third-order valence-electron chi connectivity index (χ3n) is 2.12. The number of aryl methyl sites for hydroxylation is 1. The van der Waals surface area contributed by atoms with Gasteiger partial charge < -0.3 is 0 Å². The summed E-state index contributed by atoms with van der Waals surface area (Å²) in [6.45, 7) is 1.22. The number of halogens is 7. The Labute approximate surface area is 92.0 Å². The Balaban J connectivity index is 3.46. The standard InChI is InChI=1S/C10H6F7/c1-6-3-2-4-7(5-6)8(11,9(12,13)14)10(15,16)17/h2,4-5H,1H3. The third-order valence-corrected chi connectivity index (χ3v) is 2.12. The molecule has 1 radical (unpaired) electrons. The number of hydrogen-bond donors (Lipinski definition) is 0. The Bertz CT molecular complexity index is 388. The van der Waals surface area contributed by atoms with E-state index in [2.05, 4.69) is 6.07 Å². The number of hydrogen-bond acceptors (Lipinski definition) is 0. The summed E-state index contributed by atoms with van der Waals surface area (Å²) < 4.78 is 87.3. The molecule has 1 rings (SSSR count). The zero-order chi connectivity index (χ0) is 13.5. The smallest absolute Gasteiger partial charge is 0.218 e. The van der Waals surface area contributed by atoms with Crippen LogP contribution in [0.4, 0.5) is 30.7 Å². The molecular formula is C10H6F7. The van der Waals surface area contributed by atoms with Gasteiger partial charge in [0.15, 0.2) is 0 Å². The van der Waals surface area contributed by atoms with Gasteiger partial charge in [-0.2, -0.15) is 26.3 Å². The molecular weight excluding hydrogens is 253 g/mol. The average molecular weight is 259 g/mol. The highest BCUT2D eigenvalue weighted by atomic mass is 19.4. The van der Waals surface area contributed by atoms with Crippen molar-refractivity contribution >= 4 is 0 Å². The summed E-state index contributed by atoms with van der Waals surface area (Å²) in [5.74, 6) is 0. The second kappa shape index (κ2) is 3.89. The lowest BCUT2D eigenvalue weighted by molar-refractivity contribution is -0.348. The van der Waals surface area contributed by atoms with Crippen LogP contribution in [0, 0.1) is 13.0 Å². The molecule has 0 heterocycles. The number of benzene rings is 1. The third kappa shape index (κ3) is 2.23. The van der Waals surface area contributed by atoms with Gasteiger partial charge in [-0.25, -0.2) is 4.39 Å². The first kappa shape index (κ1) is 13.8. The van der Waals surface area contributed by atoms with Crippen LogP contribution in [0.5, 0.6) is 0 Å². The molecule has 1 aromatic carbocycles. The minimum atomic E-state index is -6.07. The van der Waals surface area contributed by atoms with Crippen molar-refractivity contribution in [3.8, 4) is 0 Å². The summed E-state index contributed by atoms with van der Waals surface area (Å²) in [7, 11) is 0. The number of alkyl halides is 7. The molecule has 0 saturated carbocycles. The first-order valence-corrected chi connectivity index (χ1v) is 4.31. The zero-order valence-electron chi connectivity index (χ0n) is 8.38. The fraction of sp³-hybridized carbons (Fsp3) is 0.400. The molecule has 7 heteroatoms. The van der Waals surface area contributed by atoms with Crippen LogP contribution < -0.4 is 0 Å². The second-order valence-corrected chi connectivity index (χ2v) is 3.41. The molecule has 0 aromatic heterocycles. The highest BCUT2D eigenvalue weighted by molar-refractivity contribution is 5.30. The van der Waals surface area contributed by atoms with E-state index in [1.807, 2.05) is 0 Å². The van der Waals surface area contributed by atoms with Gasteiger partial charge in [-0.3, -0.25) is 0 Å². The van der Waals surface area contributed by atoms with Crippen LogP contribution in [0.2, 0.25) is 0 Å². The van der Waals surface area contributed by atoms with Crippen molar-refractivity contribution in [1.82, 2.24) is 0 Å². The van der Waals surface area contributed by atoms with Crippen LogP contribution in [0.25, 0.3) is 0 Å². The minimum Gasteiger partial charge on any atom is -0.218 e. The zero-order valence-corrected chi connectivity index (χ0v) is 8.38. The lowest BCUT2D eigenvalue weighted by Crippen LogP contribution is -2.50. The van der Waals surface area contributed by atoms with E-state index in [1.54, 1.807) is 0 Å². The van der Waals surface area contributed by atoms with Gasteiger partial charge in [0.1, 0.15) is 0 Å². The molecule has 0 spiro atoms. The minimum absolute atomic E-state index is 0.0157. The lowest BCUT2D eigenvalue weighted by atomic mass is 9.93. The maximum absolute atomic E-state index is 13.5. The molecule has 95 valence electrons. The SMILES string of the molecule is Cc1[c]ccc(C(F)(C(F)(F)F)C(F)(F)F)c1. The van der Waals surface area contributed by atoms with Crippen molar-refractivity contribution in [3.05, 3.63) is 35.4 Å². The molecule has 0 unspecified atom stereocenters. The summed E-state index contributed by atoms with van der Waals surface area (Å²) in [6.07, 6.45) is -12.1. The Morgan fingerprint density at radius 3 is 1.76 bits per heavy atom. The van der Waals surface area contributed by atoms with Gasteiger partial charge in [0.25, 0.3) is 0 Å². The van der Waals surface area contributed by atoms with Gasteiger partial charge in [0.2, 0.25) is 0 Å². The van der Waals surface area contributed by atoms with Crippen LogP contribution in [0.15, 0.2) is 18.2 Å². The Kier molecular flexibility index (Phi) is 3.15. The van der Waals surface area contributed by atoms with Gasteiger partial charge in [-0.05, 0) is 18.6 Å². The van der Waals surface area contributed by atoms with Crippen LogP contribution in [-0.2, 0) is 5.67 Å². The van der Waals surface area contributed by atoms with Crippen LogP contribution in [0.1, 0.15) is 11.1 Å². The van der Waals surface area contributed by atoms with E-state index in [1.165, 1.54) is 6.92 Å². The van der Waals surface area contributed by atoms with Crippen molar-refractivity contribution in [2.24, 2.45) is 0 Å². The number of rotatable bonds is 1. The highest BCUT2D eigenvalue weighted by Gasteiger charge is 2.73. The van der Waals surface area contributed by atoms with Crippen LogP contribution in [-0.4, -0.2) is 12.4 Å². The van der Waals surface area contributed by atoms with Gasteiger partial charge >= 0.3 is 18.0 Å². The van der Waals surface area contributed by atoms with E-state index in [0.29, 0.717) is 12.1 Å². The molecule has 0 aliphatic rings. The molecule has 0 amide bonds. The molecule has 0 saturated heterocycles. The van der Waals surface area contributed by atoms with Gasteiger partial charge in [0, 0.05) is 5.56 Å². The first-order valence-electron chi connectivity index (χ1n) is 4.31. The van der Waals surface area contributed by atoms with Crippen LogP contribution >= 0.6 is 0 Å². The topological polar surface area (TPSA) is 0 Å². The Hall–Kier alpha value is -1.27. The van der Waals surface area contributed by atoms with Crippen molar-refractivity contribution in [2.45, 2.75) is 24.9 Å². The Morgan fingerprint density at radius 2 is 1.41 bits per heavy atom. The normalized spacial score (nSPS) is 13.9. The first-order chi connectivity index (χ1) is 7.50. The quantitative estimate of drug-likeness (QED) is 0.666. The Morgan fingerprint density at radius 1 is 0.941 bits per heavy atom. The van der Waals surface area contributed by atoms with E-state index < -0.39 is 23.6 Å². The largest absolute Gasteiger partial charge is 0.435 e. The van der Waals surface area contributed by atoms with Crippen molar-refractivity contribution in [3.63, 3.8) is 0 Å². The van der Waals surface area contributed by atoms with Crippen molar-refractivity contribution in [2.75, 3.05) is 0 Å². The predicted molar refractivity (Wildman–Crippen MR) is 44.9 cm³/mol. The van der Waals surface area contributed by atoms with E-state index in [0.717, 1.165) is 6.07 Å². The molecule has 17 heavy (non-hydrogen) atoms. The molecule has 0 bridgehead atoms. The summed E-state index contributed by atoms with van der Waals surface area (Å²) in [5.41, 5.74) is -6.87. The molecule has 0 nitrogen and oxygen atoms in total. The van der Waals surface area contributed by atoms with E-state index in [9.17, 15) is 30.7 Å². The predicted octanol–water partition coefficient (Wildman–Crippen LogP) is 4.08. The van der Waals surface area contributed by atoms with Gasteiger partial charge in [0.05, 0.1) is 0 Å². The maximum atomic E-state index is 13.5. The fourth-order valence-electron chi connectivity index (χ4n) is 1.29. The second-order valence-electron chi connectivity index (χ2n) is 3.41. The molecule has 0 aliphatic carbocycles. The fourth-order valence-corrected chi connectivity index (χ4v) is 1.29. The van der Waals surface area contributed by atoms with E-state index in [-0.39, 0.29) is 5.56 Å². The molecule has 0 aliphatic heterocycles.